The van der Waals surface area contributed by atoms with Crippen LogP contribution in [0, 0.1) is 0 Å². The highest BCUT2D eigenvalue weighted by Crippen LogP contribution is 2.39. The van der Waals surface area contributed by atoms with Gasteiger partial charge in [-0.3, -0.25) is 0 Å². The second-order valence-electron chi connectivity index (χ2n) is 14.8. The van der Waals surface area contributed by atoms with E-state index in [-0.39, 0.29) is 0 Å². The topological polar surface area (TPSA) is 38.7 Å². The van der Waals surface area contributed by atoms with Gasteiger partial charge in [-0.15, -0.1) is 0 Å². The standard InChI is InChI=1S/C55H35N3/c1-3-14-36(15-4-1)40-30-31-45-41(34-40)21-13-27-50(45)54-56-53(57-55(58-54)51-33-32-44(37-16-5-2-6-17-37)46-23-9-10-24-48(46)51)42-29-28-39-20-12-26-49(52(39)35-42)47-25-11-19-38-18-7-8-22-43(38)47/h1-35H. The normalized spacial score (nSPS) is 11.4. The van der Waals surface area contributed by atoms with E-state index in [1.54, 1.807) is 0 Å². The summed E-state index contributed by atoms with van der Waals surface area (Å²) in [6.07, 6.45) is 0. The predicted octanol–water partition coefficient (Wildman–Crippen LogP) is 14.5. The summed E-state index contributed by atoms with van der Waals surface area (Å²) in [6.45, 7) is 0. The molecule has 0 aliphatic carbocycles. The Bertz CT molecular complexity index is 3330. The van der Waals surface area contributed by atoms with Crippen molar-refractivity contribution in [2.45, 2.75) is 0 Å². The van der Waals surface area contributed by atoms with Crippen LogP contribution in [0.3, 0.4) is 0 Å². The van der Waals surface area contributed by atoms with Gasteiger partial charge in [-0.1, -0.05) is 194 Å². The van der Waals surface area contributed by atoms with Gasteiger partial charge in [-0.05, 0) is 94.7 Å². The molecule has 3 nitrogen and oxygen atoms in total. The first-order valence-corrected chi connectivity index (χ1v) is 19.7. The summed E-state index contributed by atoms with van der Waals surface area (Å²) in [5.74, 6) is 1.90. The molecule has 11 rings (SSSR count). The Morgan fingerprint density at radius 3 is 1.43 bits per heavy atom. The Morgan fingerprint density at radius 1 is 0.207 bits per heavy atom. The van der Waals surface area contributed by atoms with Crippen molar-refractivity contribution in [3.8, 4) is 67.5 Å². The molecule has 0 bridgehead atoms. The van der Waals surface area contributed by atoms with Crippen LogP contribution in [0.15, 0.2) is 212 Å². The van der Waals surface area contributed by atoms with Gasteiger partial charge in [0.1, 0.15) is 0 Å². The highest BCUT2D eigenvalue weighted by atomic mass is 15.0. The maximum Gasteiger partial charge on any atom is 0.164 e. The van der Waals surface area contributed by atoms with E-state index in [1.807, 2.05) is 0 Å². The first-order chi connectivity index (χ1) is 28.7. The quantitative estimate of drug-likeness (QED) is 0.171. The lowest BCUT2D eigenvalue weighted by Gasteiger charge is -2.15. The molecule has 0 atom stereocenters. The Hall–Kier alpha value is -7.75. The molecule has 0 unspecified atom stereocenters. The molecule has 0 N–H and O–H groups in total. The smallest absolute Gasteiger partial charge is 0.164 e. The van der Waals surface area contributed by atoms with Crippen LogP contribution < -0.4 is 0 Å². The third-order valence-electron chi connectivity index (χ3n) is 11.3. The molecule has 11 aromatic rings. The van der Waals surface area contributed by atoms with E-state index < -0.39 is 0 Å². The first-order valence-electron chi connectivity index (χ1n) is 19.7. The van der Waals surface area contributed by atoms with Crippen LogP contribution in [0.4, 0.5) is 0 Å². The van der Waals surface area contributed by atoms with Crippen LogP contribution in [-0.2, 0) is 0 Å². The van der Waals surface area contributed by atoms with Gasteiger partial charge in [0.2, 0.25) is 0 Å². The molecular formula is C55H35N3. The molecule has 0 amide bonds. The number of aromatic nitrogens is 3. The molecule has 0 saturated carbocycles. The fraction of sp³-hybridized carbons (Fsp3) is 0. The number of hydrogen-bond acceptors (Lipinski definition) is 3. The van der Waals surface area contributed by atoms with Crippen molar-refractivity contribution in [2.75, 3.05) is 0 Å². The van der Waals surface area contributed by atoms with Gasteiger partial charge in [0.05, 0.1) is 0 Å². The minimum absolute atomic E-state index is 0.628. The minimum atomic E-state index is 0.628. The summed E-state index contributed by atoms with van der Waals surface area (Å²) in [6, 6.07) is 75.3. The fourth-order valence-electron chi connectivity index (χ4n) is 8.51. The molecule has 0 radical (unpaired) electrons. The molecule has 3 heteroatoms. The van der Waals surface area contributed by atoms with Crippen molar-refractivity contribution in [1.29, 1.82) is 0 Å². The molecule has 10 aromatic carbocycles. The van der Waals surface area contributed by atoms with Gasteiger partial charge >= 0.3 is 0 Å². The van der Waals surface area contributed by atoms with Crippen molar-refractivity contribution in [1.82, 2.24) is 15.0 Å². The van der Waals surface area contributed by atoms with Gasteiger partial charge in [0.15, 0.2) is 17.5 Å². The van der Waals surface area contributed by atoms with Crippen LogP contribution in [0.1, 0.15) is 0 Å². The maximum absolute atomic E-state index is 5.32. The summed E-state index contributed by atoms with van der Waals surface area (Å²) in [5.41, 5.74) is 9.94. The van der Waals surface area contributed by atoms with Crippen molar-refractivity contribution >= 4 is 43.1 Å². The number of rotatable bonds is 6. The Labute approximate surface area is 336 Å². The van der Waals surface area contributed by atoms with E-state index in [0.29, 0.717) is 17.5 Å². The predicted molar refractivity (Wildman–Crippen MR) is 242 cm³/mol. The lowest BCUT2D eigenvalue weighted by molar-refractivity contribution is 1.08. The van der Waals surface area contributed by atoms with E-state index >= 15 is 0 Å². The number of hydrogen-bond donors (Lipinski definition) is 0. The minimum Gasteiger partial charge on any atom is -0.208 e. The van der Waals surface area contributed by atoms with Crippen molar-refractivity contribution in [3.63, 3.8) is 0 Å². The average molecular weight is 738 g/mol. The second-order valence-corrected chi connectivity index (χ2v) is 14.8. The Kier molecular flexibility index (Phi) is 8.15. The zero-order valence-corrected chi connectivity index (χ0v) is 31.5. The van der Waals surface area contributed by atoms with E-state index in [2.05, 4.69) is 212 Å². The summed E-state index contributed by atoms with van der Waals surface area (Å²) in [7, 11) is 0. The molecule has 58 heavy (non-hydrogen) atoms. The van der Waals surface area contributed by atoms with Crippen LogP contribution >= 0.6 is 0 Å². The summed E-state index contributed by atoms with van der Waals surface area (Å²) in [5, 5.41) is 9.22. The van der Waals surface area contributed by atoms with Crippen LogP contribution in [0.5, 0.6) is 0 Å². The maximum atomic E-state index is 5.32. The van der Waals surface area contributed by atoms with Crippen LogP contribution in [0.2, 0.25) is 0 Å². The molecule has 0 aliphatic heterocycles. The van der Waals surface area contributed by atoms with Crippen molar-refractivity contribution in [2.24, 2.45) is 0 Å². The zero-order valence-electron chi connectivity index (χ0n) is 31.5. The van der Waals surface area contributed by atoms with Crippen molar-refractivity contribution in [3.05, 3.63) is 212 Å². The number of benzene rings is 10. The third kappa shape index (κ3) is 5.89. The van der Waals surface area contributed by atoms with Crippen LogP contribution in [0.25, 0.3) is 111 Å². The molecule has 270 valence electrons. The fourth-order valence-corrected chi connectivity index (χ4v) is 8.51. The van der Waals surface area contributed by atoms with Gasteiger partial charge in [-0.2, -0.15) is 0 Å². The molecule has 1 heterocycles. The third-order valence-corrected chi connectivity index (χ3v) is 11.3. The molecule has 0 saturated heterocycles. The van der Waals surface area contributed by atoms with Gasteiger partial charge in [-0.25, -0.2) is 15.0 Å². The largest absolute Gasteiger partial charge is 0.208 e. The first kappa shape index (κ1) is 33.6. The average Bonchev–Trinajstić information content (AvgIpc) is 3.30. The molecule has 0 fully saturated rings. The SMILES string of the molecule is c1ccc(-c2ccc3c(-c4nc(-c5ccc6cccc(-c7cccc8ccccc78)c6c5)nc(-c5ccc(-c6ccccc6)c6ccccc56)n4)cccc3c2)cc1. The Morgan fingerprint density at radius 2 is 0.690 bits per heavy atom. The van der Waals surface area contributed by atoms with Crippen molar-refractivity contribution < 1.29 is 0 Å². The molecule has 0 aliphatic rings. The summed E-state index contributed by atoms with van der Waals surface area (Å²) in [4.78, 5) is 16.0. The van der Waals surface area contributed by atoms with E-state index in [9.17, 15) is 0 Å². The Balaban J connectivity index is 1.14. The van der Waals surface area contributed by atoms with Gasteiger partial charge < -0.3 is 0 Å². The van der Waals surface area contributed by atoms with Gasteiger partial charge in [0, 0.05) is 16.7 Å². The van der Waals surface area contributed by atoms with Gasteiger partial charge in [0.25, 0.3) is 0 Å². The number of nitrogens with zero attached hydrogens (tertiary/aromatic N) is 3. The lowest BCUT2D eigenvalue weighted by atomic mass is 9.93. The lowest BCUT2D eigenvalue weighted by Crippen LogP contribution is -2.01. The van der Waals surface area contributed by atoms with E-state index in [0.717, 1.165) is 49.0 Å². The molecular weight excluding hydrogens is 703 g/mol. The summed E-state index contributed by atoms with van der Waals surface area (Å²) >= 11 is 0. The zero-order chi connectivity index (χ0) is 38.4. The van der Waals surface area contributed by atoms with E-state index in [4.69, 9.17) is 15.0 Å². The number of fused-ring (bicyclic) bond motifs is 4. The second kappa shape index (κ2) is 14.1. The highest BCUT2D eigenvalue weighted by Gasteiger charge is 2.18. The summed E-state index contributed by atoms with van der Waals surface area (Å²) < 4.78 is 0. The molecule has 0 spiro atoms. The monoisotopic (exact) mass is 737 g/mol. The van der Waals surface area contributed by atoms with Crippen LogP contribution in [-0.4, -0.2) is 15.0 Å². The highest BCUT2D eigenvalue weighted by molar-refractivity contribution is 6.07. The van der Waals surface area contributed by atoms with E-state index in [1.165, 1.54) is 44.2 Å². The molecule has 1 aromatic heterocycles.